The number of rotatable bonds is 2. The maximum Gasteiger partial charge on any atom is 0.289 e. The number of hydrogen-bond donors (Lipinski definition) is 1. The van der Waals surface area contributed by atoms with Crippen molar-refractivity contribution < 1.29 is 9.21 Å². The molecule has 1 aromatic rings. The maximum absolute atomic E-state index is 11.9. The van der Waals surface area contributed by atoms with Crippen LogP contribution in [0.25, 0.3) is 0 Å². The molecular weight excluding hydrogens is 228 g/mol. The van der Waals surface area contributed by atoms with Crippen LogP contribution < -0.4 is 5.32 Å². The molecule has 1 aliphatic heterocycles. The molecule has 0 radical (unpaired) electrons. The van der Waals surface area contributed by atoms with Gasteiger partial charge >= 0.3 is 0 Å². The second-order valence-electron chi connectivity index (χ2n) is 3.97. The molecule has 1 saturated heterocycles. The fourth-order valence-corrected chi connectivity index (χ4v) is 1.86. The topological polar surface area (TPSA) is 45.5 Å². The van der Waals surface area contributed by atoms with Crippen LogP contribution in [0.4, 0.5) is 0 Å². The van der Waals surface area contributed by atoms with Crippen molar-refractivity contribution in [3.8, 4) is 0 Å². The molecule has 1 unspecified atom stereocenters. The van der Waals surface area contributed by atoms with Gasteiger partial charge in [0.1, 0.15) is 5.76 Å². The standard InChI is InChI=1S/C11H16N2O2.ClH/c1-8-3-4-10(15-8)11(14)13(2)9-5-6-12-7-9;/h3-4,9,12H,5-7H2,1-2H3;1H. The van der Waals surface area contributed by atoms with Crippen LogP contribution in [0.5, 0.6) is 0 Å². The van der Waals surface area contributed by atoms with Gasteiger partial charge in [-0.15, -0.1) is 12.4 Å². The smallest absolute Gasteiger partial charge is 0.289 e. The van der Waals surface area contributed by atoms with Crippen LogP contribution >= 0.6 is 12.4 Å². The molecular formula is C11H17ClN2O2. The first-order valence-electron chi connectivity index (χ1n) is 5.23. The van der Waals surface area contributed by atoms with Crippen molar-refractivity contribution in [1.29, 1.82) is 0 Å². The molecule has 2 heterocycles. The molecule has 0 aromatic carbocycles. The average Bonchev–Trinajstić information content (AvgIpc) is 2.85. The van der Waals surface area contributed by atoms with Crippen molar-refractivity contribution in [1.82, 2.24) is 10.2 Å². The van der Waals surface area contributed by atoms with Crippen LogP contribution in [0, 0.1) is 6.92 Å². The Kier molecular flexibility index (Phi) is 4.38. The van der Waals surface area contributed by atoms with E-state index in [0.29, 0.717) is 11.8 Å². The summed E-state index contributed by atoms with van der Waals surface area (Å²) in [5, 5.41) is 3.24. The fourth-order valence-electron chi connectivity index (χ4n) is 1.86. The van der Waals surface area contributed by atoms with Crippen LogP contribution in [0.15, 0.2) is 16.5 Å². The average molecular weight is 245 g/mol. The largest absolute Gasteiger partial charge is 0.456 e. The predicted octanol–water partition coefficient (Wildman–Crippen LogP) is 1.44. The first kappa shape index (κ1) is 13.1. The number of aryl methyl sites for hydroxylation is 1. The number of amides is 1. The zero-order valence-electron chi connectivity index (χ0n) is 9.53. The molecule has 1 aliphatic rings. The van der Waals surface area contributed by atoms with Crippen LogP contribution in [0.1, 0.15) is 22.7 Å². The Bertz CT molecular complexity index is 359. The molecule has 0 saturated carbocycles. The van der Waals surface area contributed by atoms with E-state index in [1.54, 1.807) is 11.0 Å². The highest BCUT2D eigenvalue weighted by atomic mass is 35.5. The third-order valence-electron chi connectivity index (χ3n) is 2.85. The summed E-state index contributed by atoms with van der Waals surface area (Å²) in [5.41, 5.74) is 0. The minimum Gasteiger partial charge on any atom is -0.456 e. The van der Waals surface area contributed by atoms with Crippen molar-refractivity contribution >= 4 is 18.3 Å². The van der Waals surface area contributed by atoms with E-state index in [1.165, 1.54) is 0 Å². The Morgan fingerprint density at radius 2 is 2.31 bits per heavy atom. The van der Waals surface area contributed by atoms with Gasteiger partial charge in [0, 0.05) is 19.6 Å². The van der Waals surface area contributed by atoms with Crippen LogP contribution in [-0.2, 0) is 0 Å². The van der Waals surface area contributed by atoms with Crippen molar-refractivity contribution in [2.75, 3.05) is 20.1 Å². The lowest BCUT2D eigenvalue weighted by Crippen LogP contribution is -2.38. The van der Waals surface area contributed by atoms with Gasteiger partial charge in [0.25, 0.3) is 5.91 Å². The van der Waals surface area contributed by atoms with Crippen molar-refractivity contribution in [3.63, 3.8) is 0 Å². The van der Waals surface area contributed by atoms with Gasteiger partial charge in [-0.3, -0.25) is 4.79 Å². The fraction of sp³-hybridized carbons (Fsp3) is 0.545. The second-order valence-corrected chi connectivity index (χ2v) is 3.97. The van der Waals surface area contributed by atoms with Gasteiger partial charge in [0.2, 0.25) is 0 Å². The van der Waals surface area contributed by atoms with E-state index in [-0.39, 0.29) is 18.3 Å². The lowest BCUT2D eigenvalue weighted by atomic mass is 10.2. The number of nitrogens with zero attached hydrogens (tertiary/aromatic N) is 1. The van der Waals surface area contributed by atoms with Crippen LogP contribution in [-0.4, -0.2) is 37.0 Å². The minimum atomic E-state index is -0.0307. The molecule has 1 aromatic heterocycles. The summed E-state index contributed by atoms with van der Waals surface area (Å²) in [6.45, 7) is 3.70. The number of carbonyl (C=O) groups excluding carboxylic acids is 1. The van der Waals surface area contributed by atoms with Gasteiger partial charge < -0.3 is 14.6 Å². The van der Waals surface area contributed by atoms with Gasteiger partial charge in [-0.05, 0) is 32.0 Å². The lowest BCUT2D eigenvalue weighted by molar-refractivity contribution is 0.0710. The zero-order valence-corrected chi connectivity index (χ0v) is 10.3. The van der Waals surface area contributed by atoms with Crippen LogP contribution in [0.3, 0.4) is 0 Å². The summed E-state index contributed by atoms with van der Waals surface area (Å²) in [6, 6.07) is 3.84. The molecule has 0 spiro atoms. The summed E-state index contributed by atoms with van der Waals surface area (Å²) < 4.78 is 5.31. The Hall–Kier alpha value is -1.00. The maximum atomic E-state index is 11.9. The summed E-state index contributed by atoms with van der Waals surface area (Å²) in [5.74, 6) is 1.18. The van der Waals surface area contributed by atoms with Gasteiger partial charge in [0.15, 0.2) is 5.76 Å². The third-order valence-corrected chi connectivity index (χ3v) is 2.85. The third kappa shape index (κ3) is 2.57. The zero-order chi connectivity index (χ0) is 10.8. The molecule has 1 atom stereocenters. The molecule has 2 rings (SSSR count). The highest BCUT2D eigenvalue weighted by Gasteiger charge is 2.25. The number of furan rings is 1. The van der Waals surface area contributed by atoms with Gasteiger partial charge in [-0.25, -0.2) is 0 Å². The van der Waals surface area contributed by atoms with E-state index in [4.69, 9.17) is 4.42 Å². The Morgan fingerprint density at radius 3 is 2.81 bits per heavy atom. The normalized spacial score (nSPS) is 19.2. The number of likely N-dealkylation sites (N-methyl/N-ethyl adjacent to an activating group) is 1. The molecule has 0 bridgehead atoms. The molecule has 4 nitrogen and oxygen atoms in total. The number of carbonyl (C=O) groups is 1. The van der Waals surface area contributed by atoms with Gasteiger partial charge in [-0.2, -0.15) is 0 Å². The van der Waals surface area contributed by atoms with Crippen LogP contribution in [0.2, 0.25) is 0 Å². The second kappa shape index (κ2) is 5.37. The molecule has 1 fully saturated rings. The summed E-state index contributed by atoms with van der Waals surface area (Å²) >= 11 is 0. The summed E-state index contributed by atoms with van der Waals surface area (Å²) in [4.78, 5) is 13.7. The molecule has 16 heavy (non-hydrogen) atoms. The first-order chi connectivity index (χ1) is 7.18. The Balaban J connectivity index is 0.00000128. The number of halogens is 1. The van der Waals surface area contributed by atoms with Crippen molar-refractivity contribution in [3.05, 3.63) is 23.7 Å². The van der Waals surface area contributed by atoms with Gasteiger partial charge in [-0.1, -0.05) is 0 Å². The monoisotopic (exact) mass is 244 g/mol. The van der Waals surface area contributed by atoms with Gasteiger partial charge in [0.05, 0.1) is 0 Å². The van der Waals surface area contributed by atoms with E-state index in [0.717, 1.165) is 25.3 Å². The Morgan fingerprint density at radius 1 is 1.56 bits per heavy atom. The molecule has 1 N–H and O–H groups in total. The van der Waals surface area contributed by atoms with E-state index in [1.807, 2.05) is 20.0 Å². The molecule has 0 aliphatic carbocycles. The molecule has 5 heteroatoms. The van der Waals surface area contributed by atoms with E-state index < -0.39 is 0 Å². The molecule has 1 amide bonds. The SMILES string of the molecule is Cc1ccc(C(=O)N(C)C2CCNC2)o1.Cl. The quantitative estimate of drug-likeness (QED) is 0.857. The summed E-state index contributed by atoms with van der Waals surface area (Å²) in [7, 11) is 1.83. The highest BCUT2D eigenvalue weighted by molar-refractivity contribution is 5.91. The van der Waals surface area contributed by atoms with Crippen molar-refractivity contribution in [2.24, 2.45) is 0 Å². The number of nitrogens with one attached hydrogen (secondary N) is 1. The van der Waals surface area contributed by atoms with E-state index in [9.17, 15) is 4.79 Å². The minimum absolute atomic E-state index is 0. The molecule has 90 valence electrons. The van der Waals surface area contributed by atoms with Crippen molar-refractivity contribution in [2.45, 2.75) is 19.4 Å². The lowest BCUT2D eigenvalue weighted by Gasteiger charge is -2.22. The first-order valence-corrected chi connectivity index (χ1v) is 5.23. The summed E-state index contributed by atoms with van der Waals surface area (Å²) in [6.07, 6.45) is 1.02. The predicted molar refractivity (Wildman–Crippen MR) is 64.1 cm³/mol. The highest BCUT2D eigenvalue weighted by Crippen LogP contribution is 2.13. The Labute approximate surface area is 101 Å². The van der Waals surface area contributed by atoms with E-state index in [2.05, 4.69) is 5.32 Å². The number of hydrogen-bond acceptors (Lipinski definition) is 3. The van der Waals surface area contributed by atoms with E-state index >= 15 is 0 Å².